The molecule has 0 aromatic rings. The monoisotopic (exact) mass is 197 g/mol. The Labute approximate surface area is 86.8 Å². The summed E-state index contributed by atoms with van der Waals surface area (Å²) in [7, 11) is 0. The van der Waals surface area contributed by atoms with Crippen LogP contribution in [0, 0.1) is 11.3 Å². The molecule has 3 heteroatoms. The first-order valence-corrected chi connectivity index (χ1v) is 5.90. The van der Waals surface area contributed by atoms with E-state index in [9.17, 15) is 0 Å². The molecule has 0 unspecified atom stereocenters. The van der Waals surface area contributed by atoms with Gasteiger partial charge in [0.1, 0.15) is 0 Å². The van der Waals surface area contributed by atoms with Crippen molar-refractivity contribution in [3.8, 4) is 0 Å². The summed E-state index contributed by atoms with van der Waals surface area (Å²) in [6, 6.07) is 0. The van der Waals surface area contributed by atoms with E-state index in [-0.39, 0.29) is 0 Å². The van der Waals surface area contributed by atoms with Gasteiger partial charge in [-0.1, -0.05) is 0 Å². The molecule has 0 amide bonds. The van der Waals surface area contributed by atoms with Crippen LogP contribution in [0.3, 0.4) is 0 Å². The number of hydrogen-bond acceptors (Lipinski definition) is 3. The van der Waals surface area contributed by atoms with Gasteiger partial charge in [0.2, 0.25) is 0 Å². The summed E-state index contributed by atoms with van der Waals surface area (Å²) < 4.78 is 0. The molecule has 4 N–H and O–H groups in total. The Morgan fingerprint density at radius 2 is 2.14 bits per heavy atom. The highest BCUT2D eigenvalue weighted by Gasteiger charge is 2.43. The Balaban J connectivity index is 1.87. The third-order valence-corrected chi connectivity index (χ3v) is 4.10. The molecule has 1 saturated carbocycles. The Hall–Kier alpha value is -0.120. The van der Waals surface area contributed by atoms with Crippen LogP contribution < -0.4 is 11.5 Å². The maximum Gasteiger partial charge on any atom is 0.0105 e. The second kappa shape index (κ2) is 4.17. The van der Waals surface area contributed by atoms with Gasteiger partial charge in [-0.3, -0.25) is 0 Å². The second-order valence-corrected chi connectivity index (χ2v) is 5.16. The molecular weight excluding hydrogens is 174 g/mol. The lowest BCUT2D eigenvalue weighted by Crippen LogP contribution is -2.30. The van der Waals surface area contributed by atoms with Crippen molar-refractivity contribution in [3.05, 3.63) is 0 Å². The van der Waals surface area contributed by atoms with E-state index >= 15 is 0 Å². The quantitative estimate of drug-likeness (QED) is 0.688. The third kappa shape index (κ3) is 1.95. The van der Waals surface area contributed by atoms with Crippen LogP contribution in [0.15, 0.2) is 0 Å². The van der Waals surface area contributed by atoms with Gasteiger partial charge >= 0.3 is 0 Å². The maximum absolute atomic E-state index is 5.74. The lowest BCUT2D eigenvalue weighted by atomic mass is 9.84. The van der Waals surface area contributed by atoms with Crippen molar-refractivity contribution in [2.75, 3.05) is 32.7 Å². The smallest absolute Gasteiger partial charge is 0.0105 e. The maximum atomic E-state index is 5.74. The van der Waals surface area contributed by atoms with Gasteiger partial charge in [0.05, 0.1) is 0 Å². The SMILES string of the molecule is NCCN1CC[C@@]2(CC[C@@H](CN)C2)C1. The highest BCUT2D eigenvalue weighted by Crippen LogP contribution is 2.47. The van der Waals surface area contributed by atoms with Gasteiger partial charge in [-0.05, 0) is 50.1 Å². The van der Waals surface area contributed by atoms with Crippen LogP contribution in [0.1, 0.15) is 25.7 Å². The summed E-state index contributed by atoms with van der Waals surface area (Å²) in [4.78, 5) is 2.53. The Bertz CT molecular complexity index is 195. The zero-order valence-electron chi connectivity index (χ0n) is 9.04. The van der Waals surface area contributed by atoms with Crippen LogP contribution in [0.2, 0.25) is 0 Å². The van der Waals surface area contributed by atoms with Crippen molar-refractivity contribution >= 4 is 0 Å². The molecular formula is C11H23N3. The van der Waals surface area contributed by atoms with Gasteiger partial charge in [0.25, 0.3) is 0 Å². The van der Waals surface area contributed by atoms with E-state index in [0.717, 1.165) is 25.6 Å². The molecule has 14 heavy (non-hydrogen) atoms. The molecule has 1 heterocycles. The zero-order valence-corrected chi connectivity index (χ0v) is 9.04. The van der Waals surface area contributed by atoms with Crippen LogP contribution in [-0.2, 0) is 0 Å². The molecule has 2 aliphatic rings. The van der Waals surface area contributed by atoms with Crippen molar-refractivity contribution in [1.82, 2.24) is 4.90 Å². The van der Waals surface area contributed by atoms with Crippen molar-refractivity contribution < 1.29 is 0 Å². The molecule has 1 saturated heterocycles. The van der Waals surface area contributed by atoms with Crippen LogP contribution in [-0.4, -0.2) is 37.6 Å². The molecule has 0 aromatic carbocycles. The first-order chi connectivity index (χ1) is 6.78. The van der Waals surface area contributed by atoms with E-state index in [1.54, 1.807) is 0 Å². The second-order valence-electron chi connectivity index (χ2n) is 5.16. The molecule has 1 aliphatic heterocycles. The normalized spacial score (nSPS) is 38.6. The number of hydrogen-bond donors (Lipinski definition) is 2. The molecule has 2 rings (SSSR count). The van der Waals surface area contributed by atoms with Gasteiger partial charge in [-0.25, -0.2) is 0 Å². The first kappa shape index (κ1) is 10.4. The van der Waals surface area contributed by atoms with E-state index in [1.807, 2.05) is 0 Å². The molecule has 0 bridgehead atoms. The summed E-state index contributed by atoms with van der Waals surface area (Å²) >= 11 is 0. The van der Waals surface area contributed by atoms with E-state index in [4.69, 9.17) is 11.5 Å². The Kier molecular flexibility index (Phi) is 3.10. The molecule has 82 valence electrons. The fourth-order valence-electron chi connectivity index (χ4n) is 3.30. The molecule has 1 spiro atoms. The van der Waals surface area contributed by atoms with Crippen LogP contribution in [0.4, 0.5) is 0 Å². The average Bonchev–Trinajstić information content (AvgIpc) is 2.76. The lowest BCUT2D eigenvalue weighted by molar-refractivity contribution is 0.258. The van der Waals surface area contributed by atoms with Crippen LogP contribution in [0.25, 0.3) is 0 Å². The van der Waals surface area contributed by atoms with Crippen molar-refractivity contribution in [1.29, 1.82) is 0 Å². The number of rotatable bonds is 3. The number of nitrogens with zero attached hydrogens (tertiary/aromatic N) is 1. The highest BCUT2D eigenvalue weighted by atomic mass is 15.2. The highest BCUT2D eigenvalue weighted by molar-refractivity contribution is 4.96. The average molecular weight is 197 g/mol. The van der Waals surface area contributed by atoms with Gasteiger partial charge in [-0.2, -0.15) is 0 Å². The fraction of sp³-hybridized carbons (Fsp3) is 1.00. The van der Waals surface area contributed by atoms with Crippen molar-refractivity contribution in [2.45, 2.75) is 25.7 Å². The first-order valence-electron chi connectivity index (χ1n) is 5.90. The number of likely N-dealkylation sites (tertiary alicyclic amines) is 1. The van der Waals surface area contributed by atoms with Crippen molar-refractivity contribution in [3.63, 3.8) is 0 Å². The molecule has 2 atom stereocenters. The third-order valence-electron chi connectivity index (χ3n) is 4.10. The van der Waals surface area contributed by atoms with E-state index in [1.165, 1.54) is 38.8 Å². The lowest BCUT2D eigenvalue weighted by Gasteiger charge is -2.24. The molecule has 1 aliphatic carbocycles. The van der Waals surface area contributed by atoms with Crippen LogP contribution >= 0.6 is 0 Å². The van der Waals surface area contributed by atoms with E-state index in [2.05, 4.69) is 4.90 Å². The van der Waals surface area contributed by atoms with Gasteiger partial charge in [0, 0.05) is 19.6 Å². The predicted molar refractivity (Wildman–Crippen MR) is 58.9 cm³/mol. The minimum absolute atomic E-state index is 0.624. The van der Waals surface area contributed by atoms with Crippen molar-refractivity contribution in [2.24, 2.45) is 22.8 Å². The Morgan fingerprint density at radius 3 is 2.79 bits per heavy atom. The molecule has 0 aromatic heterocycles. The summed E-state index contributed by atoms with van der Waals surface area (Å²) in [5, 5.41) is 0. The van der Waals surface area contributed by atoms with Gasteiger partial charge < -0.3 is 16.4 Å². The summed E-state index contributed by atoms with van der Waals surface area (Å²) in [6.07, 6.45) is 5.50. The summed E-state index contributed by atoms with van der Waals surface area (Å²) in [6.45, 7) is 5.30. The zero-order chi connectivity index (χ0) is 10.0. The number of nitrogens with two attached hydrogens (primary N) is 2. The largest absolute Gasteiger partial charge is 0.330 e. The topological polar surface area (TPSA) is 55.3 Å². The van der Waals surface area contributed by atoms with Gasteiger partial charge in [0.15, 0.2) is 0 Å². The minimum Gasteiger partial charge on any atom is -0.330 e. The van der Waals surface area contributed by atoms with E-state index < -0.39 is 0 Å². The predicted octanol–water partition coefficient (Wildman–Crippen LogP) is 0.396. The fourth-order valence-corrected chi connectivity index (χ4v) is 3.30. The molecule has 2 fully saturated rings. The van der Waals surface area contributed by atoms with Gasteiger partial charge in [-0.15, -0.1) is 0 Å². The van der Waals surface area contributed by atoms with E-state index in [0.29, 0.717) is 5.41 Å². The summed E-state index contributed by atoms with van der Waals surface area (Å²) in [5.41, 5.74) is 12.0. The molecule has 0 radical (unpaired) electrons. The van der Waals surface area contributed by atoms with Crippen LogP contribution in [0.5, 0.6) is 0 Å². The summed E-state index contributed by atoms with van der Waals surface area (Å²) in [5.74, 6) is 0.799. The minimum atomic E-state index is 0.624. The standard InChI is InChI=1S/C11H23N3/c12-4-6-14-5-3-11(9-14)2-1-10(7-11)8-13/h10H,1-9,12-13H2/t10-,11-/m1/s1. The molecule has 3 nitrogen and oxygen atoms in total. The Morgan fingerprint density at radius 1 is 1.29 bits per heavy atom.